The molecule has 1 amide bonds. The van der Waals surface area contributed by atoms with Gasteiger partial charge < -0.3 is 15.1 Å². The summed E-state index contributed by atoms with van der Waals surface area (Å²) < 4.78 is 0. The number of nitrogens with one attached hydrogen (secondary N) is 1. The van der Waals surface area contributed by atoms with E-state index in [2.05, 4.69) is 31.2 Å². The Hall–Kier alpha value is -1.50. The predicted octanol–water partition coefficient (Wildman–Crippen LogP) is 3.09. The minimum Gasteiger partial charge on any atom is -0.356 e. The van der Waals surface area contributed by atoms with Gasteiger partial charge in [0.05, 0.1) is 0 Å². The normalized spacial score (nSPS) is 22.7. The molecule has 0 bridgehead atoms. The number of rotatable bonds is 4. The maximum atomic E-state index is 12.7. The van der Waals surface area contributed by atoms with Gasteiger partial charge in [-0.1, -0.05) is 25.7 Å². The van der Waals surface area contributed by atoms with Gasteiger partial charge in [-0.25, -0.2) is 9.97 Å². The van der Waals surface area contributed by atoms with Crippen LogP contribution in [0.25, 0.3) is 0 Å². The summed E-state index contributed by atoms with van der Waals surface area (Å²) in [7, 11) is 0. The maximum absolute atomic E-state index is 12.7. The molecule has 3 fully saturated rings. The second-order valence-corrected chi connectivity index (χ2v) is 9.52. The largest absolute Gasteiger partial charge is 0.356 e. The van der Waals surface area contributed by atoms with Crippen molar-refractivity contribution in [3.8, 4) is 0 Å². The Labute approximate surface area is 172 Å². The fourth-order valence-electron chi connectivity index (χ4n) is 4.59. The number of nitrogens with zero attached hydrogens (tertiary/aromatic N) is 4. The van der Waals surface area contributed by atoms with Gasteiger partial charge in [0.1, 0.15) is 18.0 Å². The van der Waals surface area contributed by atoms with E-state index in [4.69, 9.17) is 0 Å². The lowest BCUT2D eigenvalue weighted by Gasteiger charge is -2.33. The average Bonchev–Trinajstić information content (AvgIpc) is 3.03. The first-order valence-electron chi connectivity index (χ1n) is 11.0. The summed E-state index contributed by atoms with van der Waals surface area (Å²) in [4.78, 5) is 26.4. The Morgan fingerprint density at radius 1 is 0.893 bits per heavy atom. The minimum absolute atomic E-state index is 0.153. The second kappa shape index (κ2) is 9.81. The highest BCUT2D eigenvalue weighted by atomic mass is 32.2. The van der Waals surface area contributed by atoms with Crippen LogP contribution in [0.1, 0.15) is 51.4 Å². The molecular weight excluding hydrogens is 370 g/mol. The van der Waals surface area contributed by atoms with Crippen molar-refractivity contribution in [3.63, 3.8) is 0 Å². The topological polar surface area (TPSA) is 61.4 Å². The SMILES string of the molecule is O=C(NC1CCCCCC1)C1CCN(c2cc(N3CCSCC3)ncn2)CC1. The van der Waals surface area contributed by atoms with Gasteiger partial charge >= 0.3 is 0 Å². The van der Waals surface area contributed by atoms with Gasteiger partial charge in [0, 0.05) is 55.7 Å². The van der Waals surface area contributed by atoms with Crippen LogP contribution in [-0.4, -0.2) is 59.6 Å². The minimum atomic E-state index is 0.153. The van der Waals surface area contributed by atoms with Crippen LogP contribution in [0.5, 0.6) is 0 Å². The number of aromatic nitrogens is 2. The van der Waals surface area contributed by atoms with Crippen molar-refractivity contribution in [1.29, 1.82) is 0 Å². The lowest BCUT2D eigenvalue weighted by Crippen LogP contribution is -2.44. The summed E-state index contributed by atoms with van der Waals surface area (Å²) in [6.45, 7) is 3.92. The molecular formula is C21H33N5OS. The van der Waals surface area contributed by atoms with Crippen LogP contribution in [-0.2, 0) is 4.79 Å². The molecule has 1 saturated carbocycles. The first kappa shape index (κ1) is 19.8. The molecule has 3 aliphatic rings. The molecule has 0 radical (unpaired) electrons. The van der Waals surface area contributed by atoms with Crippen molar-refractivity contribution in [2.24, 2.45) is 5.92 Å². The van der Waals surface area contributed by atoms with Crippen LogP contribution in [0, 0.1) is 5.92 Å². The van der Waals surface area contributed by atoms with E-state index in [1.54, 1.807) is 6.33 Å². The monoisotopic (exact) mass is 403 g/mol. The molecule has 2 saturated heterocycles. The molecule has 1 aromatic heterocycles. The number of hydrogen-bond acceptors (Lipinski definition) is 6. The van der Waals surface area contributed by atoms with Crippen molar-refractivity contribution in [1.82, 2.24) is 15.3 Å². The van der Waals surface area contributed by atoms with Gasteiger partial charge in [-0.3, -0.25) is 4.79 Å². The molecule has 0 spiro atoms. The predicted molar refractivity (Wildman–Crippen MR) is 116 cm³/mol. The molecule has 1 aliphatic carbocycles. The van der Waals surface area contributed by atoms with E-state index < -0.39 is 0 Å². The molecule has 0 aromatic carbocycles. The molecule has 0 unspecified atom stereocenters. The number of hydrogen-bond donors (Lipinski definition) is 1. The summed E-state index contributed by atoms with van der Waals surface area (Å²) in [6, 6.07) is 2.53. The zero-order valence-electron chi connectivity index (χ0n) is 16.8. The van der Waals surface area contributed by atoms with E-state index in [-0.39, 0.29) is 11.8 Å². The molecule has 7 heteroatoms. The summed E-state index contributed by atoms with van der Waals surface area (Å²) in [6.07, 6.45) is 11.0. The van der Waals surface area contributed by atoms with E-state index in [1.807, 2.05) is 11.8 Å². The second-order valence-electron chi connectivity index (χ2n) is 8.29. The average molecular weight is 404 g/mol. The summed E-state index contributed by atoms with van der Waals surface area (Å²) in [5, 5.41) is 3.34. The van der Waals surface area contributed by atoms with Crippen LogP contribution in [0.4, 0.5) is 11.6 Å². The molecule has 3 heterocycles. The Kier molecular flexibility index (Phi) is 6.94. The third-order valence-electron chi connectivity index (χ3n) is 6.36. The molecule has 1 aromatic rings. The van der Waals surface area contributed by atoms with E-state index in [0.717, 1.165) is 63.5 Å². The Morgan fingerprint density at radius 3 is 2.14 bits per heavy atom. The van der Waals surface area contributed by atoms with E-state index >= 15 is 0 Å². The Bertz CT molecular complexity index is 635. The number of carbonyl (C=O) groups is 1. The number of carbonyl (C=O) groups excluding carboxylic acids is 1. The van der Waals surface area contributed by atoms with Gasteiger partial charge in [-0.05, 0) is 25.7 Å². The van der Waals surface area contributed by atoms with Gasteiger partial charge in [0.2, 0.25) is 5.91 Å². The molecule has 1 N–H and O–H groups in total. The molecule has 28 heavy (non-hydrogen) atoms. The van der Waals surface area contributed by atoms with Crippen molar-refractivity contribution in [2.75, 3.05) is 47.5 Å². The van der Waals surface area contributed by atoms with Crippen LogP contribution >= 0.6 is 11.8 Å². The van der Waals surface area contributed by atoms with Gasteiger partial charge in [0.15, 0.2) is 0 Å². The molecule has 6 nitrogen and oxygen atoms in total. The van der Waals surface area contributed by atoms with Crippen molar-refractivity contribution >= 4 is 29.3 Å². The van der Waals surface area contributed by atoms with E-state index in [9.17, 15) is 4.79 Å². The highest BCUT2D eigenvalue weighted by Crippen LogP contribution is 2.26. The van der Waals surface area contributed by atoms with Crippen LogP contribution in [0.15, 0.2) is 12.4 Å². The van der Waals surface area contributed by atoms with Crippen molar-refractivity contribution in [2.45, 2.75) is 57.4 Å². The quantitative estimate of drug-likeness (QED) is 0.780. The van der Waals surface area contributed by atoms with Gasteiger partial charge in [-0.15, -0.1) is 0 Å². The first-order valence-corrected chi connectivity index (χ1v) is 12.1. The third kappa shape index (κ3) is 5.10. The van der Waals surface area contributed by atoms with Crippen LogP contribution < -0.4 is 15.1 Å². The molecule has 154 valence electrons. The van der Waals surface area contributed by atoms with Crippen LogP contribution in [0.2, 0.25) is 0 Å². The van der Waals surface area contributed by atoms with Gasteiger partial charge in [0.25, 0.3) is 0 Å². The lowest BCUT2D eigenvalue weighted by atomic mass is 9.95. The van der Waals surface area contributed by atoms with Crippen molar-refractivity contribution in [3.05, 3.63) is 12.4 Å². The fraction of sp³-hybridized carbons (Fsp3) is 0.762. The fourth-order valence-corrected chi connectivity index (χ4v) is 5.49. The highest BCUT2D eigenvalue weighted by molar-refractivity contribution is 7.99. The Balaban J connectivity index is 1.29. The summed E-state index contributed by atoms with van der Waals surface area (Å²) >= 11 is 2.01. The van der Waals surface area contributed by atoms with Crippen molar-refractivity contribution < 1.29 is 4.79 Å². The number of thioether (sulfide) groups is 1. The lowest BCUT2D eigenvalue weighted by molar-refractivity contribution is -0.126. The standard InChI is InChI=1S/C21H33N5OS/c27-21(24-18-5-3-1-2-4-6-18)17-7-9-25(10-8-17)19-15-20(23-16-22-19)26-11-13-28-14-12-26/h15-18H,1-14H2,(H,24,27). The van der Waals surface area contributed by atoms with E-state index in [0.29, 0.717) is 6.04 Å². The maximum Gasteiger partial charge on any atom is 0.223 e. The van der Waals surface area contributed by atoms with Crippen LogP contribution in [0.3, 0.4) is 0 Å². The zero-order valence-corrected chi connectivity index (χ0v) is 17.6. The molecule has 4 rings (SSSR count). The zero-order chi connectivity index (χ0) is 19.2. The summed E-state index contributed by atoms with van der Waals surface area (Å²) in [5.41, 5.74) is 0. The third-order valence-corrected chi connectivity index (χ3v) is 7.31. The summed E-state index contributed by atoms with van der Waals surface area (Å²) in [5.74, 6) is 4.81. The number of anilines is 2. The Morgan fingerprint density at radius 2 is 1.50 bits per heavy atom. The highest BCUT2D eigenvalue weighted by Gasteiger charge is 2.27. The molecule has 2 aliphatic heterocycles. The smallest absolute Gasteiger partial charge is 0.223 e. The first-order chi connectivity index (χ1) is 13.8. The number of piperidine rings is 1. The number of amides is 1. The van der Waals surface area contributed by atoms with Gasteiger partial charge in [-0.2, -0.15) is 11.8 Å². The van der Waals surface area contributed by atoms with E-state index in [1.165, 1.54) is 37.2 Å². The molecule has 0 atom stereocenters.